The number of nitrogens with one attached hydrogen (secondary N) is 1. The molecule has 0 spiro atoms. The van der Waals surface area contributed by atoms with Gasteiger partial charge in [0.1, 0.15) is 17.3 Å². The Balaban J connectivity index is 1.44. The van der Waals surface area contributed by atoms with Crippen LogP contribution in [0.3, 0.4) is 0 Å². The highest BCUT2D eigenvalue weighted by Gasteiger charge is 2.16. The zero-order chi connectivity index (χ0) is 19.3. The third kappa shape index (κ3) is 4.12. The quantitative estimate of drug-likeness (QED) is 0.728. The van der Waals surface area contributed by atoms with Crippen molar-refractivity contribution in [3.63, 3.8) is 0 Å². The van der Waals surface area contributed by atoms with Crippen molar-refractivity contribution in [3.8, 4) is 11.5 Å². The first-order chi connectivity index (χ1) is 13.7. The van der Waals surface area contributed by atoms with Gasteiger partial charge in [-0.15, -0.1) is 10.2 Å². The molecule has 1 aliphatic rings. The first-order valence-electron chi connectivity index (χ1n) is 9.63. The monoisotopic (exact) mass is 378 g/mol. The maximum absolute atomic E-state index is 4.66. The van der Waals surface area contributed by atoms with Crippen molar-refractivity contribution in [1.82, 2.24) is 29.6 Å². The molecule has 1 aliphatic heterocycles. The number of nitrogens with zero attached hydrogens (tertiary/aromatic N) is 7. The fourth-order valence-electron chi connectivity index (χ4n) is 3.46. The molecule has 3 aromatic heterocycles. The van der Waals surface area contributed by atoms with Crippen LogP contribution in [0, 0.1) is 0 Å². The van der Waals surface area contributed by atoms with Crippen LogP contribution in [0.15, 0.2) is 42.9 Å². The minimum absolute atomic E-state index is 0.659. The van der Waals surface area contributed by atoms with E-state index >= 15 is 0 Å². The number of hydrogen-bond acceptors (Lipinski definition) is 7. The lowest BCUT2D eigenvalue weighted by atomic mass is 10.2. The fraction of sp³-hybridized carbons (Fsp3) is 0.400. The predicted octanol–water partition coefficient (Wildman–Crippen LogP) is 2.03. The summed E-state index contributed by atoms with van der Waals surface area (Å²) in [5.41, 5.74) is 1.93. The van der Waals surface area contributed by atoms with E-state index in [0.29, 0.717) is 6.54 Å². The number of imidazole rings is 1. The summed E-state index contributed by atoms with van der Waals surface area (Å²) in [5, 5.41) is 12.0. The number of rotatable bonds is 5. The summed E-state index contributed by atoms with van der Waals surface area (Å²) in [6.07, 6.45) is 6.68. The minimum atomic E-state index is 0.659. The Morgan fingerprint density at radius 3 is 2.68 bits per heavy atom. The van der Waals surface area contributed by atoms with Gasteiger partial charge in [-0.2, -0.15) is 0 Å². The summed E-state index contributed by atoms with van der Waals surface area (Å²) in [4.78, 5) is 13.7. The van der Waals surface area contributed by atoms with Crippen molar-refractivity contribution < 1.29 is 0 Å². The Hall–Kier alpha value is -3.00. The van der Waals surface area contributed by atoms with Crippen molar-refractivity contribution in [1.29, 1.82) is 0 Å². The average molecular weight is 378 g/mol. The fourth-order valence-corrected chi connectivity index (χ4v) is 3.46. The smallest absolute Gasteiger partial charge is 0.160 e. The van der Waals surface area contributed by atoms with Crippen molar-refractivity contribution in [3.05, 3.63) is 48.4 Å². The Morgan fingerprint density at radius 2 is 1.89 bits per heavy atom. The topological polar surface area (TPSA) is 75.0 Å². The molecule has 0 bridgehead atoms. The van der Waals surface area contributed by atoms with Gasteiger partial charge in [0, 0.05) is 57.4 Å². The van der Waals surface area contributed by atoms with Crippen LogP contribution < -0.4 is 10.2 Å². The first kappa shape index (κ1) is 18.4. The van der Waals surface area contributed by atoms with Gasteiger partial charge in [-0.1, -0.05) is 6.07 Å². The van der Waals surface area contributed by atoms with Crippen LogP contribution in [0.2, 0.25) is 0 Å². The Morgan fingerprint density at radius 1 is 0.964 bits per heavy atom. The second-order valence-corrected chi connectivity index (χ2v) is 7.15. The molecule has 8 heteroatoms. The van der Waals surface area contributed by atoms with Crippen LogP contribution in [-0.4, -0.2) is 62.9 Å². The van der Waals surface area contributed by atoms with Gasteiger partial charge < -0.3 is 19.7 Å². The van der Waals surface area contributed by atoms with Gasteiger partial charge in [0.2, 0.25) is 0 Å². The maximum Gasteiger partial charge on any atom is 0.160 e. The Kier molecular flexibility index (Phi) is 5.48. The molecule has 1 fully saturated rings. The molecule has 1 N–H and O–H groups in total. The molecule has 0 atom stereocenters. The number of hydrogen-bond donors (Lipinski definition) is 1. The summed E-state index contributed by atoms with van der Waals surface area (Å²) < 4.78 is 1.93. The summed E-state index contributed by atoms with van der Waals surface area (Å²) >= 11 is 0. The van der Waals surface area contributed by atoms with Gasteiger partial charge in [-0.3, -0.25) is 0 Å². The van der Waals surface area contributed by atoms with Crippen LogP contribution in [0.4, 0.5) is 11.6 Å². The van der Waals surface area contributed by atoms with E-state index in [1.807, 2.05) is 42.2 Å². The van der Waals surface area contributed by atoms with Crippen LogP contribution in [0.25, 0.3) is 11.5 Å². The highest BCUT2D eigenvalue weighted by Crippen LogP contribution is 2.20. The van der Waals surface area contributed by atoms with Gasteiger partial charge in [-0.25, -0.2) is 9.97 Å². The van der Waals surface area contributed by atoms with E-state index in [-0.39, 0.29) is 0 Å². The molecule has 1 saturated heterocycles. The minimum Gasteiger partial charge on any atom is -0.364 e. The molecule has 0 saturated carbocycles. The predicted molar refractivity (Wildman–Crippen MR) is 110 cm³/mol. The zero-order valence-corrected chi connectivity index (χ0v) is 16.4. The summed E-state index contributed by atoms with van der Waals surface area (Å²) in [5.74, 6) is 2.60. The van der Waals surface area contributed by atoms with E-state index in [4.69, 9.17) is 0 Å². The van der Waals surface area contributed by atoms with E-state index in [9.17, 15) is 0 Å². The maximum atomic E-state index is 4.66. The second-order valence-electron chi connectivity index (χ2n) is 7.15. The van der Waals surface area contributed by atoms with Gasteiger partial charge in [0.25, 0.3) is 0 Å². The number of aromatic nitrogens is 5. The molecular formula is C20H26N8. The SMILES string of the molecule is CN1CCCN(c2ncccc2CNc2ccc(-c3nccn3C)nn2)CC1. The van der Waals surface area contributed by atoms with E-state index in [1.165, 1.54) is 5.56 Å². The Bertz CT molecular complexity index is 905. The molecular weight excluding hydrogens is 352 g/mol. The van der Waals surface area contributed by atoms with Gasteiger partial charge in [0.15, 0.2) is 5.82 Å². The summed E-state index contributed by atoms with van der Waals surface area (Å²) in [6, 6.07) is 7.99. The molecule has 0 radical (unpaired) electrons. The molecule has 4 rings (SSSR count). The van der Waals surface area contributed by atoms with Crippen LogP contribution in [0.5, 0.6) is 0 Å². The first-order valence-corrected chi connectivity index (χ1v) is 9.63. The van der Waals surface area contributed by atoms with E-state index in [2.05, 4.69) is 48.4 Å². The molecule has 0 unspecified atom stereocenters. The van der Waals surface area contributed by atoms with Crippen molar-refractivity contribution in [2.75, 3.05) is 43.4 Å². The van der Waals surface area contributed by atoms with E-state index < -0.39 is 0 Å². The molecule has 146 valence electrons. The highest BCUT2D eigenvalue weighted by atomic mass is 15.2. The Labute approximate surface area is 165 Å². The lowest BCUT2D eigenvalue weighted by Crippen LogP contribution is -2.30. The highest BCUT2D eigenvalue weighted by molar-refractivity contribution is 5.52. The van der Waals surface area contributed by atoms with Crippen molar-refractivity contribution >= 4 is 11.6 Å². The van der Waals surface area contributed by atoms with Gasteiger partial charge >= 0.3 is 0 Å². The number of aryl methyl sites for hydroxylation is 1. The molecule has 8 nitrogen and oxygen atoms in total. The number of likely N-dealkylation sites (N-methyl/N-ethyl adjacent to an activating group) is 1. The van der Waals surface area contributed by atoms with Gasteiger partial charge in [-0.05, 0) is 38.2 Å². The molecule has 0 aromatic carbocycles. The summed E-state index contributed by atoms with van der Waals surface area (Å²) in [6.45, 7) is 4.88. The van der Waals surface area contributed by atoms with Crippen LogP contribution in [0.1, 0.15) is 12.0 Å². The number of anilines is 2. The third-order valence-corrected chi connectivity index (χ3v) is 5.06. The number of pyridine rings is 1. The molecule has 3 aromatic rings. The lowest BCUT2D eigenvalue weighted by molar-refractivity contribution is 0.360. The third-order valence-electron chi connectivity index (χ3n) is 5.06. The van der Waals surface area contributed by atoms with Gasteiger partial charge in [0.05, 0.1) is 0 Å². The molecule has 28 heavy (non-hydrogen) atoms. The van der Waals surface area contributed by atoms with Crippen molar-refractivity contribution in [2.24, 2.45) is 7.05 Å². The van der Waals surface area contributed by atoms with E-state index in [0.717, 1.165) is 55.8 Å². The standard InChI is InChI=1S/C20H26N8/c1-26-10-4-11-28(14-13-26)19-16(5-3-8-21-19)15-23-18-7-6-17(24-25-18)20-22-9-12-27(20)2/h3,5-9,12H,4,10-11,13-15H2,1-2H3,(H,23,25). The molecule has 0 aliphatic carbocycles. The lowest BCUT2D eigenvalue weighted by Gasteiger charge is -2.24. The molecule has 0 amide bonds. The van der Waals surface area contributed by atoms with Crippen molar-refractivity contribution in [2.45, 2.75) is 13.0 Å². The van der Waals surface area contributed by atoms with Crippen LogP contribution in [-0.2, 0) is 13.6 Å². The van der Waals surface area contributed by atoms with E-state index in [1.54, 1.807) is 6.20 Å². The second kappa shape index (κ2) is 8.35. The normalized spacial score (nSPS) is 15.4. The summed E-state index contributed by atoms with van der Waals surface area (Å²) in [7, 11) is 4.12. The zero-order valence-electron chi connectivity index (χ0n) is 16.4. The molecule has 4 heterocycles. The van der Waals surface area contributed by atoms with Crippen LogP contribution >= 0.6 is 0 Å². The largest absolute Gasteiger partial charge is 0.364 e. The average Bonchev–Trinajstić information content (AvgIpc) is 3.03.